The normalized spacial score (nSPS) is 29.7. The number of aliphatic carboxylic acids is 1. The number of hydrogen-bond acceptors (Lipinski definition) is 3. The van der Waals surface area contributed by atoms with Crippen molar-refractivity contribution in [2.75, 3.05) is 26.2 Å². The fourth-order valence-corrected chi connectivity index (χ4v) is 4.92. The van der Waals surface area contributed by atoms with Gasteiger partial charge in [0.15, 0.2) is 0 Å². The van der Waals surface area contributed by atoms with E-state index in [1.165, 1.54) is 8.61 Å². The average Bonchev–Trinajstić information content (AvgIpc) is 2.89. The highest BCUT2D eigenvalue weighted by Crippen LogP contribution is 2.35. The largest absolute Gasteiger partial charge is 0.481 e. The average molecular weight is 318 g/mol. The van der Waals surface area contributed by atoms with Gasteiger partial charge in [-0.2, -0.15) is 17.0 Å². The van der Waals surface area contributed by atoms with Gasteiger partial charge in [-0.05, 0) is 30.6 Å². The molecule has 1 N–H and O–H groups in total. The molecule has 2 unspecified atom stereocenters. The number of carboxylic acids is 1. The smallest absolute Gasteiger partial charge is 0.307 e. The van der Waals surface area contributed by atoms with Gasteiger partial charge in [0, 0.05) is 26.2 Å². The van der Waals surface area contributed by atoms with Crippen molar-refractivity contribution in [2.45, 2.75) is 40.0 Å². The van der Waals surface area contributed by atoms with Crippen LogP contribution in [-0.4, -0.2) is 54.3 Å². The van der Waals surface area contributed by atoms with Crippen molar-refractivity contribution >= 4 is 16.2 Å². The van der Waals surface area contributed by atoms with Crippen LogP contribution in [0.25, 0.3) is 0 Å². The van der Waals surface area contributed by atoms with Gasteiger partial charge in [0.2, 0.25) is 0 Å². The van der Waals surface area contributed by atoms with Crippen molar-refractivity contribution in [3.63, 3.8) is 0 Å². The van der Waals surface area contributed by atoms with E-state index < -0.39 is 22.1 Å². The lowest BCUT2D eigenvalue weighted by molar-refractivity contribution is -0.142. The topological polar surface area (TPSA) is 77.9 Å². The molecule has 122 valence electrons. The van der Waals surface area contributed by atoms with Gasteiger partial charge in [0.05, 0.1) is 5.92 Å². The van der Waals surface area contributed by atoms with E-state index in [0.717, 1.165) is 6.42 Å². The lowest BCUT2D eigenvalue weighted by atomic mass is 9.80. The van der Waals surface area contributed by atoms with Crippen LogP contribution in [0.15, 0.2) is 0 Å². The molecular formula is C14H26N2O4S. The number of nitrogens with zero attached hydrogens (tertiary/aromatic N) is 2. The van der Waals surface area contributed by atoms with Crippen molar-refractivity contribution in [3.05, 3.63) is 0 Å². The Kier molecular flexibility index (Phi) is 4.66. The molecule has 2 atom stereocenters. The maximum Gasteiger partial charge on any atom is 0.307 e. The van der Waals surface area contributed by atoms with Crippen LogP contribution in [0.2, 0.25) is 0 Å². The number of piperidine rings is 1. The molecule has 6 nitrogen and oxygen atoms in total. The summed E-state index contributed by atoms with van der Waals surface area (Å²) in [7, 11) is -3.52. The van der Waals surface area contributed by atoms with E-state index in [9.17, 15) is 13.2 Å². The minimum Gasteiger partial charge on any atom is -0.481 e. The number of hydrogen-bond donors (Lipinski definition) is 1. The molecule has 0 spiro atoms. The Morgan fingerprint density at radius 2 is 1.71 bits per heavy atom. The Morgan fingerprint density at radius 3 is 2.24 bits per heavy atom. The minimum absolute atomic E-state index is 0.0930. The van der Waals surface area contributed by atoms with Gasteiger partial charge in [0.1, 0.15) is 0 Å². The molecule has 21 heavy (non-hydrogen) atoms. The van der Waals surface area contributed by atoms with E-state index in [1.807, 2.05) is 0 Å². The van der Waals surface area contributed by atoms with Crippen LogP contribution in [-0.2, 0) is 15.0 Å². The van der Waals surface area contributed by atoms with Crippen molar-refractivity contribution in [1.29, 1.82) is 0 Å². The fourth-order valence-electron chi connectivity index (χ4n) is 3.16. The Labute approximate surface area is 127 Å². The summed E-state index contributed by atoms with van der Waals surface area (Å²) in [4.78, 5) is 11.1. The second kappa shape index (κ2) is 5.85. The highest BCUT2D eigenvalue weighted by Gasteiger charge is 2.41. The molecule has 0 aromatic carbocycles. The van der Waals surface area contributed by atoms with E-state index in [1.54, 1.807) is 0 Å². The highest BCUT2D eigenvalue weighted by atomic mass is 32.2. The quantitative estimate of drug-likeness (QED) is 0.853. The predicted molar refractivity (Wildman–Crippen MR) is 80.0 cm³/mol. The standard InChI is InChI=1S/C14H26N2O4S/c1-14(2,3)12-6-8-16(10-12)21(19,20)15-7-4-5-11(9-15)13(17)18/h11-12H,4-10H2,1-3H3,(H,17,18). The molecule has 0 bridgehead atoms. The van der Waals surface area contributed by atoms with Crippen LogP contribution >= 0.6 is 0 Å². The Morgan fingerprint density at radius 1 is 1.10 bits per heavy atom. The Hall–Kier alpha value is -0.660. The highest BCUT2D eigenvalue weighted by molar-refractivity contribution is 7.86. The van der Waals surface area contributed by atoms with Gasteiger partial charge in [-0.25, -0.2) is 0 Å². The molecule has 2 saturated heterocycles. The summed E-state index contributed by atoms with van der Waals surface area (Å²) in [5.41, 5.74) is 0.0930. The van der Waals surface area contributed by atoms with Gasteiger partial charge in [-0.15, -0.1) is 0 Å². The first-order valence-electron chi connectivity index (χ1n) is 7.60. The lowest BCUT2D eigenvalue weighted by Crippen LogP contribution is -2.48. The van der Waals surface area contributed by atoms with Crippen LogP contribution in [0, 0.1) is 17.3 Å². The molecule has 0 aliphatic carbocycles. The molecule has 0 saturated carbocycles. The summed E-state index contributed by atoms with van der Waals surface area (Å²) >= 11 is 0. The van der Waals surface area contributed by atoms with Crippen LogP contribution in [0.3, 0.4) is 0 Å². The van der Waals surface area contributed by atoms with Crippen LogP contribution in [0.5, 0.6) is 0 Å². The van der Waals surface area contributed by atoms with Crippen molar-refractivity contribution in [3.8, 4) is 0 Å². The monoisotopic (exact) mass is 318 g/mol. The van der Waals surface area contributed by atoms with Gasteiger partial charge in [-0.3, -0.25) is 4.79 Å². The fraction of sp³-hybridized carbons (Fsp3) is 0.929. The second-order valence-corrected chi connectivity index (χ2v) is 9.18. The first-order chi connectivity index (χ1) is 9.62. The van der Waals surface area contributed by atoms with E-state index in [0.29, 0.717) is 38.4 Å². The Balaban J connectivity index is 2.07. The van der Waals surface area contributed by atoms with E-state index in [4.69, 9.17) is 5.11 Å². The maximum absolute atomic E-state index is 12.7. The maximum atomic E-state index is 12.7. The van der Waals surface area contributed by atoms with Gasteiger partial charge < -0.3 is 5.11 Å². The third-order valence-electron chi connectivity index (χ3n) is 4.76. The van der Waals surface area contributed by atoms with Crippen molar-refractivity contribution in [2.24, 2.45) is 17.3 Å². The molecule has 2 aliphatic heterocycles. The summed E-state index contributed by atoms with van der Waals surface area (Å²) in [5.74, 6) is -1.12. The summed E-state index contributed by atoms with van der Waals surface area (Å²) in [6, 6.07) is 0. The minimum atomic E-state index is -3.52. The molecule has 2 fully saturated rings. The van der Waals surface area contributed by atoms with Crippen LogP contribution < -0.4 is 0 Å². The van der Waals surface area contributed by atoms with Crippen molar-refractivity contribution < 1.29 is 18.3 Å². The van der Waals surface area contributed by atoms with Gasteiger partial charge in [0.25, 0.3) is 10.2 Å². The zero-order chi connectivity index (χ0) is 15.8. The van der Waals surface area contributed by atoms with E-state index in [-0.39, 0.29) is 12.0 Å². The third-order valence-corrected chi connectivity index (χ3v) is 6.73. The summed E-state index contributed by atoms with van der Waals surface area (Å²) in [5, 5.41) is 9.10. The molecular weight excluding hydrogens is 292 g/mol. The van der Waals surface area contributed by atoms with Crippen LogP contribution in [0.4, 0.5) is 0 Å². The summed E-state index contributed by atoms with van der Waals surface area (Å²) in [6.45, 7) is 8.02. The SMILES string of the molecule is CC(C)(C)C1CCN(S(=O)(=O)N2CCCC(C(=O)O)C2)C1. The lowest BCUT2D eigenvalue weighted by Gasteiger charge is -2.33. The molecule has 2 heterocycles. The number of rotatable bonds is 3. The summed E-state index contributed by atoms with van der Waals surface area (Å²) in [6.07, 6.45) is 2.05. The zero-order valence-electron chi connectivity index (χ0n) is 13.1. The van der Waals surface area contributed by atoms with Gasteiger partial charge >= 0.3 is 5.97 Å². The molecule has 7 heteroatoms. The number of carbonyl (C=O) groups is 1. The molecule has 2 rings (SSSR count). The molecule has 2 aliphatic rings. The molecule has 0 amide bonds. The van der Waals surface area contributed by atoms with Gasteiger partial charge in [-0.1, -0.05) is 20.8 Å². The predicted octanol–water partition coefficient (Wildman–Crippen LogP) is 1.40. The second-order valence-electron chi connectivity index (χ2n) is 7.25. The molecule has 0 aromatic heterocycles. The van der Waals surface area contributed by atoms with E-state index >= 15 is 0 Å². The van der Waals surface area contributed by atoms with Crippen LogP contribution in [0.1, 0.15) is 40.0 Å². The molecule has 0 aromatic rings. The van der Waals surface area contributed by atoms with Crippen molar-refractivity contribution in [1.82, 2.24) is 8.61 Å². The summed E-state index contributed by atoms with van der Waals surface area (Å²) < 4.78 is 28.3. The zero-order valence-corrected chi connectivity index (χ0v) is 13.9. The first kappa shape index (κ1) is 16.7. The third kappa shape index (κ3) is 3.57. The Bertz CT molecular complexity index is 498. The number of carboxylic acid groups (broad SMARTS) is 1. The first-order valence-corrected chi connectivity index (χ1v) is 9.00. The van der Waals surface area contributed by atoms with E-state index in [2.05, 4.69) is 20.8 Å². The molecule has 0 radical (unpaired) electrons.